The fraction of sp³-hybridized carbons (Fsp3) is 0.312. The first kappa shape index (κ1) is 19.8. The van der Waals surface area contributed by atoms with Crippen LogP contribution in [0.3, 0.4) is 0 Å². The van der Waals surface area contributed by atoms with Gasteiger partial charge < -0.3 is 14.3 Å². The van der Waals surface area contributed by atoms with Crippen LogP contribution in [0.15, 0.2) is 24.3 Å². The number of aldehydes is 1. The zero-order chi connectivity index (χ0) is 19.3. The molecule has 10 heteroatoms. The maximum atomic E-state index is 12.5. The molecule has 2 aromatic rings. The smallest absolute Gasteiger partial charge is 0.461 e. The van der Waals surface area contributed by atoms with E-state index >= 15 is 0 Å². The van der Waals surface area contributed by atoms with Crippen LogP contribution in [0, 0.1) is 0 Å². The Hall–Kier alpha value is -2.55. The number of hydrogen-bond donors (Lipinski definition) is 0. The monoisotopic (exact) mass is 390 g/mol. The van der Waals surface area contributed by atoms with Gasteiger partial charge >= 0.3 is 12.3 Å². The van der Waals surface area contributed by atoms with Crippen molar-refractivity contribution in [2.24, 2.45) is 0 Å². The van der Waals surface area contributed by atoms with Crippen molar-refractivity contribution in [2.75, 3.05) is 6.61 Å². The van der Waals surface area contributed by atoms with Gasteiger partial charge in [0.15, 0.2) is 5.69 Å². The minimum absolute atomic E-state index is 0.0398. The molecular formula is C16H14ClF3N2O4. The summed E-state index contributed by atoms with van der Waals surface area (Å²) in [5.41, 5.74) is 0.134. The summed E-state index contributed by atoms with van der Waals surface area (Å²) < 4.78 is 47.5. The van der Waals surface area contributed by atoms with Gasteiger partial charge in [-0.2, -0.15) is 5.10 Å². The Morgan fingerprint density at radius 2 is 2.04 bits per heavy atom. The molecule has 0 aliphatic rings. The number of nitrogens with zero attached hydrogens (tertiary/aromatic N) is 2. The molecule has 0 amide bonds. The average molecular weight is 391 g/mol. The lowest BCUT2D eigenvalue weighted by Gasteiger charge is -2.13. The van der Waals surface area contributed by atoms with Crippen LogP contribution in [-0.4, -0.2) is 35.0 Å². The number of para-hydroxylation sites is 1. The number of halogens is 4. The third-order valence-corrected chi connectivity index (χ3v) is 3.68. The second-order valence-electron chi connectivity index (χ2n) is 5.02. The van der Waals surface area contributed by atoms with E-state index in [1.54, 1.807) is 6.92 Å². The third-order valence-electron chi connectivity index (χ3n) is 3.26. The lowest BCUT2D eigenvalue weighted by atomic mass is 10.2. The van der Waals surface area contributed by atoms with Gasteiger partial charge in [-0.3, -0.25) is 0 Å². The lowest BCUT2D eigenvalue weighted by molar-refractivity contribution is -0.274. The Kier molecular flexibility index (Phi) is 6.25. The van der Waals surface area contributed by atoms with Crippen LogP contribution in [0.2, 0.25) is 5.15 Å². The number of esters is 1. The maximum Gasteiger partial charge on any atom is 0.573 e. The van der Waals surface area contributed by atoms with Crippen molar-refractivity contribution in [1.82, 2.24) is 9.78 Å². The lowest BCUT2D eigenvalue weighted by Crippen LogP contribution is -2.18. The molecule has 0 spiro atoms. The molecule has 0 aliphatic heterocycles. The van der Waals surface area contributed by atoms with Crippen LogP contribution < -0.4 is 4.74 Å². The highest BCUT2D eigenvalue weighted by molar-refractivity contribution is 6.31. The number of hydrogen-bond acceptors (Lipinski definition) is 5. The topological polar surface area (TPSA) is 70.4 Å². The Bertz CT molecular complexity index is 805. The van der Waals surface area contributed by atoms with Crippen molar-refractivity contribution in [1.29, 1.82) is 0 Å². The Morgan fingerprint density at radius 3 is 2.65 bits per heavy atom. The van der Waals surface area contributed by atoms with Gasteiger partial charge in [-0.15, -0.1) is 13.2 Å². The first-order chi connectivity index (χ1) is 12.3. The van der Waals surface area contributed by atoms with Crippen molar-refractivity contribution in [3.63, 3.8) is 0 Å². The van der Waals surface area contributed by atoms with E-state index in [1.165, 1.54) is 18.2 Å². The van der Waals surface area contributed by atoms with Gasteiger partial charge in [0.1, 0.15) is 17.2 Å². The predicted molar refractivity (Wildman–Crippen MR) is 85.2 cm³/mol. The van der Waals surface area contributed by atoms with Crippen molar-refractivity contribution < 1.29 is 32.2 Å². The molecule has 2 rings (SSSR count). The van der Waals surface area contributed by atoms with Crippen molar-refractivity contribution >= 4 is 23.9 Å². The van der Waals surface area contributed by atoms with E-state index in [0.29, 0.717) is 6.29 Å². The van der Waals surface area contributed by atoms with E-state index in [2.05, 4.69) is 9.84 Å². The molecule has 1 aromatic heterocycles. The molecule has 0 aliphatic carbocycles. The molecule has 0 fully saturated rings. The van der Waals surface area contributed by atoms with Gasteiger partial charge in [0, 0.05) is 17.5 Å². The van der Waals surface area contributed by atoms with E-state index in [0.717, 1.165) is 10.7 Å². The fourth-order valence-corrected chi connectivity index (χ4v) is 2.50. The average Bonchev–Trinajstić information content (AvgIpc) is 2.86. The molecule has 26 heavy (non-hydrogen) atoms. The van der Waals surface area contributed by atoms with E-state index in [-0.39, 0.29) is 41.5 Å². The van der Waals surface area contributed by atoms with Crippen molar-refractivity contribution in [3.05, 3.63) is 46.2 Å². The van der Waals surface area contributed by atoms with E-state index in [9.17, 15) is 22.8 Å². The molecule has 0 saturated heterocycles. The highest BCUT2D eigenvalue weighted by Crippen LogP contribution is 2.29. The summed E-state index contributed by atoms with van der Waals surface area (Å²) in [6.07, 6.45) is -4.51. The van der Waals surface area contributed by atoms with Crippen molar-refractivity contribution in [2.45, 2.75) is 26.3 Å². The zero-order valence-corrected chi connectivity index (χ0v) is 14.3. The largest absolute Gasteiger partial charge is 0.573 e. The Balaban J connectivity index is 2.40. The minimum atomic E-state index is -4.86. The number of alkyl halides is 3. The molecule has 0 bridgehead atoms. The summed E-state index contributed by atoms with van der Waals surface area (Å²) in [5.74, 6) is -1.19. The molecule has 1 aromatic carbocycles. The van der Waals surface area contributed by atoms with Crippen LogP contribution in [0.25, 0.3) is 0 Å². The fourth-order valence-electron chi connectivity index (χ4n) is 2.23. The first-order valence-electron chi connectivity index (χ1n) is 7.46. The molecule has 0 radical (unpaired) electrons. The highest BCUT2D eigenvalue weighted by atomic mass is 35.5. The number of carbonyl (C=O) groups is 2. The number of benzene rings is 1. The van der Waals surface area contributed by atoms with Crippen LogP contribution in [0.4, 0.5) is 13.2 Å². The summed E-state index contributed by atoms with van der Waals surface area (Å²) in [6, 6.07) is 5.47. The quantitative estimate of drug-likeness (QED) is 0.535. The summed E-state index contributed by atoms with van der Waals surface area (Å²) in [5, 5.41) is 3.95. The Labute approximate surface area is 151 Å². The van der Waals surface area contributed by atoms with Gasteiger partial charge in [-0.25, -0.2) is 9.48 Å². The van der Waals surface area contributed by atoms with Gasteiger partial charge in [-0.05, 0) is 13.0 Å². The zero-order valence-electron chi connectivity index (χ0n) is 13.5. The summed E-state index contributed by atoms with van der Waals surface area (Å²) in [4.78, 5) is 22.8. The van der Waals surface area contributed by atoms with Crippen LogP contribution in [0.5, 0.6) is 5.75 Å². The third kappa shape index (κ3) is 4.75. The highest BCUT2D eigenvalue weighted by Gasteiger charge is 2.32. The molecular weight excluding hydrogens is 377 g/mol. The van der Waals surface area contributed by atoms with Gasteiger partial charge in [0.25, 0.3) is 0 Å². The van der Waals surface area contributed by atoms with Gasteiger partial charge in [0.05, 0.1) is 13.2 Å². The molecule has 0 atom stereocenters. The SMILES string of the molecule is CCOC(=O)c1nn(Cc2ccccc2OC(F)(F)F)c(Cl)c1CC=O. The van der Waals surface area contributed by atoms with Gasteiger partial charge in [0.2, 0.25) is 0 Å². The second kappa shape index (κ2) is 8.22. The number of aromatic nitrogens is 2. The number of rotatable bonds is 7. The normalized spacial score (nSPS) is 11.3. The molecule has 0 N–H and O–H groups in total. The predicted octanol–water partition coefficient (Wildman–Crippen LogP) is 3.40. The molecule has 140 valence electrons. The Morgan fingerprint density at radius 1 is 1.35 bits per heavy atom. The molecule has 6 nitrogen and oxygen atoms in total. The summed E-state index contributed by atoms with van der Waals surface area (Å²) in [7, 11) is 0. The number of ether oxygens (including phenoxy) is 2. The summed E-state index contributed by atoms with van der Waals surface area (Å²) in [6.45, 7) is 1.49. The first-order valence-corrected chi connectivity index (χ1v) is 7.84. The van der Waals surface area contributed by atoms with Crippen LogP contribution in [-0.2, 0) is 22.5 Å². The van der Waals surface area contributed by atoms with Crippen LogP contribution >= 0.6 is 11.6 Å². The maximum absolute atomic E-state index is 12.5. The van der Waals surface area contributed by atoms with Gasteiger partial charge in [-0.1, -0.05) is 29.8 Å². The van der Waals surface area contributed by atoms with E-state index in [4.69, 9.17) is 16.3 Å². The standard InChI is InChI=1S/C16H14ClF3N2O4/c1-2-25-15(24)13-11(7-8-23)14(17)22(21-13)9-10-5-3-4-6-12(10)26-16(18,19)20/h3-6,8H,2,7,9H2,1H3. The van der Waals surface area contributed by atoms with E-state index in [1.807, 2.05) is 0 Å². The molecule has 0 unspecified atom stereocenters. The molecule has 0 saturated carbocycles. The number of carbonyl (C=O) groups excluding carboxylic acids is 2. The van der Waals surface area contributed by atoms with Crippen molar-refractivity contribution in [3.8, 4) is 5.75 Å². The summed E-state index contributed by atoms with van der Waals surface area (Å²) >= 11 is 6.16. The molecule has 1 heterocycles. The van der Waals surface area contributed by atoms with E-state index < -0.39 is 18.1 Å². The second-order valence-corrected chi connectivity index (χ2v) is 5.38. The van der Waals surface area contributed by atoms with Crippen LogP contribution in [0.1, 0.15) is 28.5 Å². The minimum Gasteiger partial charge on any atom is -0.461 e.